The molecule has 5 nitrogen and oxygen atoms in total. The molecular formula is C22H22N3O2+. The standard InChI is InChI=1S/C22H22N3O2/c1-25-14-12-17(13-15-25)16-23-24-22(18-4-8-20(26-2)9-5-18)19-6-10-21(27-3)11-7-19/h4-16H,1-3H3/q+1. The second-order valence-corrected chi connectivity index (χ2v) is 5.95. The summed E-state index contributed by atoms with van der Waals surface area (Å²) in [6.07, 6.45) is 5.69. The zero-order chi connectivity index (χ0) is 19.1. The van der Waals surface area contributed by atoms with Crippen LogP contribution in [-0.2, 0) is 7.05 Å². The number of hydrogen-bond acceptors (Lipinski definition) is 4. The van der Waals surface area contributed by atoms with Crippen LogP contribution in [0.3, 0.4) is 0 Å². The van der Waals surface area contributed by atoms with Crippen molar-refractivity contribution >= 4 is 11.9 Å². The summed E-state index contributed by atoms with van der Waals surface area (Å²) in [4.78, 5) is 0. The summed E-state index contributed by atoms with van der Waals surface area (Å²) in [7, 11) is 5.28. The lowest BCUT2D eigenvalue weighted by Gasteiger charge is -2.08. The normalized spacial score (nSPS) is 10.6. The molecule has 0 aliphatic heterocycles. The number of aryl methyl sites for hydroxylation is 1. The van der Waals surface area contributed by atoms with Crippen molar-refractivity contribution < 1.29 is 14.0 Å². The molecule has 0 aliphatic rings. The van der Waals surface area contributed by atoms with E-state index in [2.05, 4.69) is 10.2 Å². The third-order valence-corrected chi connectivity index (χ3v) is 4.10. The predicted octanol–water partition coefficient (Wildman–Crippen LogP) is 3.40. The minimum atomic E-state index is 0.776. The summed E-state index contributed by atoms with van der Waals surface area (Å²) in [6, 6.07) is 19.5. The fourth-order valence-corrected chi connectivity index (χ4v) is 2.53. The maximum absolute atomic E-state index is 5.25. The molecule has 0 atom stereocenters. The minimum absolute atomic E-state index is 0.776. The van der Waals surface area contributed by atoms with Gasteiger partial charge in [0.25, 0.3) is 0 Å². The minimum Gasteiger partial charge on any atom is -0.497 e. The van der Waals surface area contributed by atoms with Crippen LogP contribution in [0.15, 0.2) is 83.3 Å². The lowest BCUT2D eigenvalue weighted by molar-refractivity contribution is -0.671. The molecule has 0 unspecified atom stereocenters. The van der Waals surface area contributed by atoms with Crippen LogP contribution >= 0.6 is 0 Å². The summed E-state index contributed by atoms with van der Waals surface area (Å²) in [5.41, 5.74) is 3.67. The first-order chi connectivity index (χ1) is 13.2. The van der Waals surface area contributed by atoms with Crippen molar-refractivity contribution in [1.29, 1.82) is 0 Å². The van der Waals surface area contributed by atoms with Crippen LogP contribution in [0.4, 0.5) is 0 Å². The van der Waals surface area contributed by atoms with Gasteiger partial charge in [0, 0.05) is 28.8 Å². The van der Waals surface area contributed by atoms with Gasteiger partial charge in [0.15, 0.2) is 12.4 Å². The number of hydrogen-bond donors (Lipinski definition) is 0. The Balaban J connectivity index is 1.95. The number of ether oxygens (including phenoxy) is 2. The highest BCUT2D eigenvalue weighted by Gasteiger charge is 2.08. The number of benzene rings is 2. The lowest BCUT2D eigenvalue weighted by Crippen LogP contribution is -2.25. The van der Waals surface area contributed by atoms with Crippen LogP contribution < -0.4 is 14.0 Å². The van der Waals surface area contributed by atoms with Crippen molar-refractivity contribution in [2.45, 2.75) is 0 Å². The Bertz CT molecular complexity index is 879. The molecule has 0 bridgehead atoms. The van der Waals surface area contributed by atoms with E-state index in [0.29, 0.717) is 0 Å². The molecule has 0 amide bonds. The van der Waals surface area contributed by atoms with E-state index in [9.17, 15) is 0 Å². The fourth-order valence-electron chi connectivity index (χ4n) is 2.53. The average Bonchev–Trinajstić information content (AvgIpc) is 2.73. The summed E-state index contributed by atoms with van der Waals surface area (Å²) in [5, 5.41) is 8.79. The number of pyridine rings is 1. The first kappa shape index (κ1) is 18.3. The Kier molecular flexibility index (Phi) is 5.94. The van der Waals surface area contributed by atoms with Gasteiger partial charge in [0.05, 0.1) is 20.4 Å². The summed E-state index contributed by atoms with van der Waals surface area (Å²) in [5.74, 6) is 1.60. The number of nitrogens with zero attached hydrogens (tertiary/aromatic N) is 3. The summed E-state index contributed by atoms with van der Waals surface area (Å²) >= 11 is 0. The average molecular weight is 360 g/mol. The van der Waals surface area contributed by atoms with Gasteiger partial charge in [0.2, 0.25) is 0 Å². The van der Waals surface area contributed by atoms with Crippen LogP contribution in [0, 0.1) is 0 Å². The molecule has 2 aromatic carbocycles. The highest BCUT2D eigenvalue weighted by Crippen LogP contribution is 2.18. The molecule has 0 aliphatic carbocycles. The van der Waals surface area contributed by atoms with E-state index in [0.717, 1.165) is 33.9 Å². The molecule has 0 saturated heterocycles. The molecule has 3 aromatic rings. The topological polar surface area (TPSA) is 47.1 Å². The van der Waals surface area contributed by atoms with Gasteiger partial charge in [-0.3, -0.25) is 0 Å². The van der Waals surface area contributed by atoms with Gasteiger partial charge in [-0.2, -0.15) is 5.10 Å². The Hall–Kier alpha value is -3.47. The van der Waals surface area contributed by atoms with Crippen LogP contribution in [0.25, 0.3) is 0 Å². The number of aromatic nitrogens is 1. The van der Waals surface area contributed by atoms with E-state index < -0.39 is 0 Å². The van der Waals surface area contributed by atoms with E-state index in [1.807, 2.05) is 84.7 Å². The molecule has 0 fully saturated rings. The maximum Gasteiger partial charge on any atom is 0.169 e. The van der Waals surface area contributed by atoms with Crippen LogP contribution in [0.1, 0.15) is 16.7 Å². The van der Waals surface area contributed by atoms with Gasteiger partial charge in [-0.25, -0.2) is 4.57 Å². The van der Waals surface area contributed by atoms with Crippen molar-refractivity contribution in [3.63, 3.8) is 0 Å². The van der Waals surface area contributed by atoms with Crippen LogP contribution in [-0.4, -0.2) is 26.1 Å². The second kappa shape index (κ2) is 8.76. The van der Waals surface area contributed by atoms with Crippen LogP contribution in [0.2, 0.25) is 0 Å². The molecule has 0 N–H and O–H groups in total. The Morgan fingerprint density at radius 2 is 1.26 bits per heavy atom. The maximum atomic E-state index is 5.25. The van der Waals surface area contributed by atoms with E-state index in [1.54, 1.807) is 20.4 Å². The molecule has 27 heavy (non-hydrogen) atoms. The zero-order valence-corrected chi connectivity index (χ0v) is 15.7. The van der Waals surface area contributed by atoms with E-state index in [1.165, 1.54) is 0 Å². The Morgan fingerprint density at radius 1 is 0.778 bits per heavy atom. The monoisotopic (exact) mass is 360 g/mol. The van der Waals surface area contributed by atoms with Gasteiger partial charge >= 0.3 is 0 Å². The second-order valence-electron chi connectivity index (χ2n) is 5.95. The SMILES string of the molecule is COc1ccc(C(=NN=Cc2cc[n+](C)cc2)c2ccc(OC)cc2)cc1. The molecule has 1 heterocycles. The highest BCUT2D eigenvalue weighted by atomic mass is 16.5. The van der Waals surface area contributed by atoms with Gasteiger partial charge in [-0.05, 0) is 48.5 Å². The lowest BCUT2D eigenvalue weighted by atomic mass is 10.0. The van der Waals surface area contributed by atoms with Gasteiger partial charge < -0.3 is 9.47 Å². The van der Waals surface area contributed by atoms with Gasteiger partial charge in [0.1, 0.15) is 24.3 Å². The van der Waals surface area contributed by atoms with Crippen molar-refractivity contribution in [2.24, 2.45) is 17.3 Å². The Morgan fingerprint density at radius 3 is 1.70 bits per heavy atom. The van der Waals surface area contributed by atoms with E-state index in [4.69, 9.17) is 9.47 Å². The van der Waals surface area contributed by atoms with Gasteiger partial charge in [-0.15, -0.1) is 5.10 Å². The summed E-state index contributed by atoms with van der Waals surface area (Å²) in [6.45, 7) is 0. The first-order valence-corrected chi connectivity index (χ1v) is 8.55. The third-order valence-electron chi connectivity index (χ3n) is 4.10. The largest absolute Gasteiger partial charge is 0.497 e. The molecule has 0 radical (unpaired) electrons. The van der Waals surface area contributed by atoms with Crippen molar-refractivity contribution in [3.05, 3.63) is 89.7 Å². The smallest absolute Gasteiger partial charge is 0.169 e. The zero-order valence-electron chi connectivity index (χ0n) is 15.7. The number of methoxy groups -OCH3 is 2. The highest BCUT2D eigenvalue weighted by molar-refractivity contribution is 6.13. The van der Waals surface area contributed by atoms with Crippen molar-refractivity contribution in [3.8, 4) is 11.5 Å². The van der Waals surface area contributed by atoms with Crippen LogP contribution in [0.5, 0.6) is 11.5 Å². The van der Waals surface area contributed by atoms with Crippen molar-refractivity contribution in [2.75, 3.05) is 14.2 Å². The molecule has 0 saturated carbocycles. The first-order valence-electron chi connectivity index (χ1n) is 8.55. The predicted molar refractivity (Wildman–Crippen MR) is 107 cm³/mol. The number of rotatable bonds is 6. The molecule has 0 spiro atoms. The van der Waals surface area contributed by atoms with Crippen molar-refractivity contribution in [1.82, 2.24) is 0 Å². The molecule has 1 aromatic heterocycles. The van der Waals surface area contributed by atoms with E-state index in [-0.39, 0.29) is 0 Å². The quantitative estimate of drug-likeness (QED) is 0.384. The Labute approximate surface area is 159 Å². The fraction of sp³-hybridized carbons (Fsp3) is 0.136. The molecule has 5 heteroatoms. The van der Waals surface area contributed by atoms with E-state index >= 15 is 0 Å². The molecular weight excluding hydrogens is 338 g/mol. The van der Waals surface area contributed by atoms with Gasteiger partial charge in [-0.1, -0.05) is 0 Å². The third kappa shape index (κ3) is 4.79. The summed E-state index contributed by atoms with van der Waals surface area (Å²) < 4.78 is 12.5. The molecule has 3 rings (SSSR count). The molecule has 136 valence electrons.